The number of rotatable bonds is 24. The Bertz CT molecular complexity index is 630. The number of nitrogens with one attached hydrogen (secondary N) is 4. The van der Waals surface area contributed by atoms with E-state index in [4.69, 9.17) is 99.4 Å². The van der Waals surface area contributed by atoms with E-state index in [9.17, 15) is 0 Å². The first kappa shape index (κ1) is 59.4. The van der Waals surface area contributed by atoms with Crippen LogP contribution in [-0.2, 0) is 71.6 Å². The molecule has 4 N–H and O–H groups in total. The maximum absolute atomic E-state index is 4.78. The maximum Gasteiger partial charge on any atom is 4.00 e. The van der Waals surface area contributed by atoms with Gasteiger partial charge in [-0.25, -0.2) is 0 Å². The van der Waals surface area contributed by atoms with E-state index in [2.05, 4.69) is 76.7 Å². The molecule has 4 unspecified atom stereocenters. The summed E-state index contributed by atoms with van der Waals surface area (Å²) in [5.74, 6) is 2.97. The molecule has 0 aromatic carbocycles. The monoisotopic (exact) mass is 914 g/mol. The van der Waals surface area contributed by atoms with Crippen molar-refractivity contribution in [3.05, 3.63) is 0 Å². The second-order valence-corrected chi connectivity index (χ2v) is 16.6. The first-order valence-corrected chi connectivity index (χ1v) is 21.9. The summed E-state index contributed by atoms with van der Waals surface area (Å²) in [6.45, 7) is 21.6. The normalized spacial score (nSPS) is 12.2. The van der Waals surface area contributed by atoms with E-state index in [1.807, 2.05) is 0 Å². The molecule has 4 atom stereocenters. The molecular formula is C36H72MoN4S8. The quantitative estimate of drug-likeness (QED) is 0.0424. The standard InChI is InChI=1S/4C9H19NS2.Mo/c4*1-3-5-6-8(4-2)7-10-9(11)12;/h4*8H,3-7H2,1-2H3,(H2,10,11,12);/q;;;;+4/p-4. The van der Waals surface area contributed by atoms with Gasteiger partial charge >= 0.3 is 21.1 Å². The molecule has 0 saturated carbocycles. The minimum absolute atomic E-state index is 0. The second-order valence-electron chi connectivity index (χ2n) is 12.3. The summed E-state index contributed by atoms with van der Waals surface area (Å²) < 4.78 is 2.02. The number of unbranched alkanes of at least 4 members (excludes halogenated alkanes) is 4. The number of hydrogen-bond acceptors (Lipinski definition) is 8. The molecule has 4 nitrogen and oxygen atoms in total. The average molecular weight is 913 g/mol. The van der Waals surface area contributed by atoms with E-state index in [0.717, 1.165) is 49.9 Å². The minimum Gasteiger partial charge on any atom is -0.412 e. The first-order valence-electron chi connectivity index (χ1n) is 18.6. The summed E-state index contributed by atoms with van der Waals surface area (Å²) in [5, 5.41) is 12.2. The van der Waals surface area contributed by atoms with Crippen molar-refractivity contribution in [1.29, 1.82) is 0 Å². The Morgan fingerprint density at radius 3 is 0.653 bits per heavy atom. The van der Waals surface area contributed by atoms with Gasteiger partial charge in [-0.15, -0.1) is 0 Å². The summed E-state index contributed by atoms with van der Waals surface area (Å²) >= 11 is 38.2. The summed E-state index contributed by atoms with van der Waals surface area (Å²) in [6.07, 6.45) is 20.3. The average Bonchev–Trinajstić information content (AvgIpc) is 3.05. The summed E-state index contributed by atoms with van der Waals surface area (Å²) in [5.41, 5.74) is 0. The topological polar surface area (TPSA) is 48.1 Å². The van der Waals surface area contributed by atoms with Gasteiger partial charge in [-0.1, -0.05) is 150 Å². The second kappa shape index (κ2) is 47.1. The van der Waals surface area contributed by atoms with Gasteiger partial charge in [0.1, 0.15) is 0 Å². The largest absolute Gasteiger partial charge is 4.00 e. The van der Waals surface area contributed by atoms with Crippen molar-refractivity contribution in [3.63, 3.8) is 0 Å². The molecule has 13 heteroatoms. The van der Waals surface area contributed by atoms with Crippen molar-refractivity contribution in [1.82, 2.24) is 21.3 Å². The van der Waals surface area contributed by atoms with Gasteiger partial charge in [0.15, 0.2) is 0 Å². The smallest absolute Gasteiger partial charge is 0.412 e. The zero-order valence-electron chi connectivity index (χ0n) is 32.1. The van der Waals surface area contributed by atoms with E-state index < -0.39 is 0 Å². The molecule has 0 aliphatic carbocycles. The van der Waals surface area contributed by atoms with Crippen molar-refractivity contribution in [2.75, 3.05) is 26.2 Å². The Morgan fingerprint density at radius 1 is 0.388 bits per heavy atom. The van der Waals surface area contributed by atoms with E-state index in [1.54, 1.807) is 0 Å². The van der Waals surface area contributed by atoms with Gasteiger partial charge in [-0.2, -0.15) is 0 Å². The van der Waals surface area contributed by atoms with Crippen molar-refractivity contribution in [2.45, 2.75) is 158 Å². The molecule has 49 heavy (non-hydrogen) atoms. The van der Waals surface area contributed by atoms with E-state index >= 15 is 0 Å². The Hall–Kier alpha value is 1.13. The van der Waals surface area contributed by atoms with E-state index in [0.29, 0.717) is 17.3 Å². The van der Waals surface area contributed by atoms with Crippen LogP contribution in [0.5, 0.6) is 0 Å². The van der Waals surface area contributed by atoms with Crippen LogP contribution in [0.3, 0.4) is 0 Å². The van der Waals surface area contributed by atoms with Crippen molar-refractivity contribution < 1.29 is 21.1 Å². The predicted molar refractivity (Wildman–Crippen MR) is 245 cm³/mol. The van der Waals surface area contributed by atoms with Crippen molar-refractivity contribution >= 4 is 117 Å². The van der Waals surface area contributed by atoms with Crippen LogP contribution >= 0.6 is 48.9 Å². The summed E-state index contributed by atoms with van der Waals surface area (Å²) in [4.78, 5) is 0. The molecule has 0 aliphatic heterocycles. The molecule has 0 heterocycles. The van der Waals surface area contributed by atoms with Crippen molar-refractivity contribution in [3.8, 4) is 0 Å². The van der Waals surface area contributed by atoms with E-state index in [-0.39, 0.29) is 21.1 Å². The van der Waals surface area contributed by atoms with Gasteiger partial charge in [0.05, 0.1) is 0 Å². The molecule has 0 aliphatic rings. The first-order chi connectivity index (χ1) is 22.8. The van der Waals surface area contributed by atoms with Crippen LogP contribution in [0.1, 0.15) is 158 Å². The molecule has 0 bridgehead atoms. The Kier molecular flexibility index (Phi) is 57.2. The zero-order chi connectivity index (χ0) is 37.6. The zero-order valence-corrected chi connectivity index (χ0v) is 40.7. The van der Waals surface area contributed by atoms with Crippen LogP contribution < -0.4 is 21.3 Å². The Morgan fingerprint density at radius 2 is 0.551 bits per heavy atom. The van der Waals surface area contributed by atoms with E-state index in [1.165, 1.54) is 103 Å². The van der Waals surface area contributed by atoms with Gasteiger partial charge in [-0.05, 0) is 49.4 Å². The van der Waals surface area contributed by atoms with Gasteiger partial charge in [0, 0.05) is 26.2 Å². The van der Waals surface area contributed by atoms with Crippen molar-refractivity contribution in [2.24, 2.45) is 23.7 Å². The fourth-order valence-corrected chi connectivity index (χ4v) is 5.35. The van der Waals surface area contributed by atoms with Crippen LogP contribution in [0.2, 0.25) is 0 Å². The Labute approximate surface area is 363 Å². The molecule has 0 radical (unpaired) electrons. The van der Waals surface area contributed by atoms with Gasteiger partial charge in [-0.3, -0.25) is 0 Å². The SMILES string of the molecule is CCCCC(CC)CNC(=S)[S-].CCCCC(CC)CNC(=S)[S-].CCCCC(CC)CNC(=S)[S-].CCCCC(CC)CNC(=S)[S-].[Mo+4]. The Balaban J connectivity index is -0.000000174. The van der Waals surface area contributed by atoms with Crippen LogP contribution in [0.15, 0.2) is 0 Å². The molecular weight excluding hydrogens is 841 g/mol. The molecule has 0 amide bonds. The van der Waals surface area contributed by atoms with Gasteiger partial charge < -0.3 is 121 Å². The molecule has 0 rings (SSSR count). The predicted octanol–water partition coefficient (Wildman–Crippen LogP) is 10.5. The van der Waals surface area contributed by atoms with Gasteiger partial charge in [0.25, 0.3) is 0 Å². The molecule has 0 spiro atoms. The number of hydrogen-bond donors (Lipinski definition) is 4. The number of thiocarbonyl (C=S) groups is 4. The fraction of sp³-hybridized carbons (Fsp3) is 0.889. The maximum atomic E-state index is 4.78. The van der Waals surface area contributed by atoms with Crippen LogP contribution in [0.4, 0.5) is 0 Å². The molecule has 290 valence electrons. The molecule has 0 aromatic rings. The van der Waals surface area contributed by atoms with Crippen LogP contribution in [-0.4, -0.2) is 43.5 Å². The fourth-order valence-electron chi connectivity index (χ4n) is 4.68. The minimum atomic E-state index is 0. The van der Waals surface area contributed by atoms with Crippen LogP contribution in [0, 0.1) is 23.7 Å². The van der Waals surface area contributed by atoms with Gasteiger partial charge in [0.2, 0.25) is 0 Å². The molecule has 0 saturated heterocycles. The van der Waals surface area contributed by atoms with Crippen LogP contribution in [0.25, 0.3) is 0 Å². The summed E-state index contributed by atoms with van der Waals surface area (Å²) in [7, 11) is 0. The summed E-state index contributed by atoms with van der Waals surface area (Å²) in [6, 6.07) is 0. The third-order valence-electron chi connectivity index (χ3n) is 8.31. The molecule has 0 fully saturated rings. The third-order valence-corrected chi connectivity index (χ3v) is 9.47. The molecule has 0 aromatic heterocycles. The third kappa shape index (κ3) is 53.6.